The molecule has 300 valence electrons. The van der Waals surface area contributed by atoms with Gasteiger partial charge < -0.3 is 4.42 Å². The molecule has 0 bridgehead atoms. The summed E-state index contributed by atoms with van der Waals surface area (Å²) in [6.45, 7) is 0. The normalized spacial score (nSPS) is 12.5. The van der Waals surface area contributed by atoms with Crippen molar-refractivity contribution in [1.82, 2.24) is 19.9 Å². The number of rotatable bonds is 8. The Morgan fingerprint density at radius 1 is 0.297 bits per heavy atom. The van der Waals surface area contributed by atoms with E-state index in [2.05, 4.69) is 164 Å². The number of fused-ring (bicyclic) bond motifs is 4. The zero-order valence-corrected chi connectivity index (χ0v) is 34.6. The lowest BCUT2D eigenvalue weighted by Gasteiger charge is -2.34. The monoisotopic (exact) mass is 818 g/mol. The highest BCUT2D eigenvalue weighted by atomic mass is 16.3. The highest BCUT2D eigenvalue weighted by Gasteiger charge is 2.46. The van der Waals surface area contributed by atoms with E-state index in [4.69, 9.17) is 24.4 Å². The van der Waals surface area contributed by atoms with E-state index >= 15 is 0 Å². The van der Waals surface area contributed by atoms with Gasteiger partial charge in [-0.1, -0.05) is 200 Å². The van der Waals surface area contributed by atoms with Gasteiger partial charge in [0.2, 0.25) is 5.89 Å². The molecule has 2 aromatic heterocycles. The van der Waals surface area contributed by atoms with Gasteiger partial charge >= 0.3 is 0 Å². The van der Waals surface area contributed by atoms with E-state index < -0.39 is 5.41 Å². The molecule has 0 saturated heterocycles. The molecule has 5 heteroatoms. The number of benzene rings is 9. The first-order valence-corrected chi connectivity index (χ1v) is 21.5. The molecule has 0 aliphatic heterocycles. The van der Waals surface area contributed by atoms with Crippen molar-refractivity contribution >= 4 is 11.1 Å². The summed E-state index contributed by atoms with van der Waals surface area (Å²) in [7, 11) is 0. The second-order valence-corrected chi connectivity index (χ2v) is 16.2. The number of nitrogens with zero attached hydrogens (tertiary/aromatic N) is 4. The molecule has 9 aromatic carbocycles. The van der Waals surface area contributed by atoms with E-state index in [9.17, 15) is 0 Å². The predicted molar refractivity (Wildman–Crippen MR) is 257 cm³/mol. The Morgan fingerprint density at radius 2 is 0.734 bits per heavy atom. The van der Waals surface area contributed by atoms with Gasteiger partial charge in [0.25, 0.3) is 0 Å². The van der Waals surface area contributed by atoms with Crippen LogP contribution in [0.2, 0.25) is 0 Å². The Bertz CT molecular complexity index is 3430. The minimum atomic E-state index is -0.601. The van der Waals surface area contributed by atoms with Crippen molar-refractivity contribution in [2.45, 2.75) is 5.41 Å². The van der Waals surface area contributed by atoms with E-state index in [1.165, 1.54) is 33.4 Å². The van der Waals surface area contributed by atoms with E-state index in [1.807, 2.05) is 66.7 Å². The largest absolute Gasteiger partial charge is 0.436 e. The lowest BCUT2D eigenvalue weighted by atomic mass is 9.67. The molecule has 5 nitrogen and oxygen atoms in total. The summed E-state index contributed by atoms with van der Waals surface area (Å²) < 4.78 is 6.50. The van der Waals surface area contributed by atoms with Crippen molar-refractivity contribution in [2.24, 2.45) is 0 Å². The predicted octanol–water partition coefficient (Wildman–Crippen LogP) is 14.4. The second-order valence-electron chi connectivity index (χ2n) is 16.2. The molecule has 64 heavy (non-hydrogen) atoms. The molecule has 12 rings (SSSR count). The van der Waals surface area contributed by atoms with Gasteiger partial charge in [0.15, 0.2) is 23.1 Å². The second kappa shape index (κ2) is 15.4. The van der Waals surface area contributed by atoms with Gasteiger partial charge in [0, 0.05) is 22.3 Å². The van der Waals surface area contributed by atoms with Crippen LogP contribution in [0.25, 0.3) is 90.1 Å². The van der Waals surface area contributed by atoms with Gasteiger partial charge in [-0.3, -0.25) is 0 Å². The van der Waals surface area contributed by atoms with Crippen molar-refractivity contribution < 1.29 is 4.42 Å². The Balaban J connectivity index is 0.950. The van der Waals surface area contributed by atoms with Crippen LogP contribution in [0.1, 0.15) is 22.3 Å². The zero-order chi connectivity index (χ0) is 42.5. The fourth-order valence-corrected chi connectivity index (χ4v) is 9.43. The summed E-state index contributed by atoms with van der Waals surface area (Å²) in [5.74, 6) is 2.48. The third-order valence-corrected chi connectivity index (χ3v) is 12.5. The first-order valence-electron chi connectivity index (χ1n) is 21.5. The molecule has 0 N–H and O–H groups in total. The third kappa shape index (κ3) is 6.33. The third-order valence-electron chi connectivity index (χ3n) is 12.5. The van der Waals surface area contributed by atoms with E-state index in [0.717, 1.165) is 55.6 Å². The van der Waals surface area contributed by atoms with Crippen molar-refractivity contribution in [3.05, 3.63) is 253 Å². The first-order chi connectivity index (χ1) is 31.7. The van der Waals surface area contributed by atoms with Crippen LogP contribution in [0.5, 0.6) is 0 Å². The molecule has 0 amide bonds. The molecule has 0 atom stereocenters. The Kier molecular flexibility index (Phi) is 8.97. The number of hydrogen-bond donors (Lipinski definition) is 0. The van der Waals surface area contributed by atoms with Crippen LogP contribution < -0.4 is 0 Å². The maximum atomic E-state index is 6.50. The quantitative estimate of drug-likeness (QED) is 0.153. The summed E-state index contributed by atoms with van der Waals surface area (Å²) in [5, 5.41) is 0. The van der Waals surface area contributed by atoms with Crippen LogP contribution >= 0.6 is 0 Å². The summed E-state index contributed by atoms with van der Waals surface area (Å²) in [6, 6.07) is 80.7. The Hall–Kier alpha value is -8.54. The fraction of sp³-hybridized carbons (Fsp3) is 0.0169. The minimum Gasteiger partial charge on any atom is -0.436 e. The van der Waals surface area contributed by atoms with Gasteiger partial charge in [-0.05, 0) is 86.0 Å². The van der Waals surface area contributed by atoms with Gasteiger partial charge in [-0.15, -0.1) is 0 Å². The molecular formula is C59H38N4O. The SMILES string of the molecule is c1ccc(-c2ccc(-c3nc(-c4ccccc4)nc(-c4cccc(-c5ccc(C6(c7ccc8nc(-c9ccccc9)oc8c7)c7ccccc7-c7ccccc76)cc5)c4)n3)cc2)cc1. The van der Waals surface area contributed by atoms with Crippen LogP contribution in [0.3, 0.4) is 0 Å². The highest BCUT2D eigenvalue weighted by Crippen LogP contribution is 2.56. The molecule has 2 heterocycles. The Labute approximate surface area is 371 Å². The topological polar surface area (TPSA) is 64.7 Å². The number of aromatic nitrogens is 4. The van der Waals surface area contributed by atoms with Crippen LogP contribution in [-0.2, 0) is 5.41 Å². The van der Waals surface area contributed by atoms with Gasteiger partial charge in [-0.25, -0.2) is 19.9 Å². The standard InChI is InChI=1S/C59H38N4O/c1-4-15-39(16-5-1)40-27-29-43(30-28-40)56-61-55(42-17-6-2-7-18-42)62-57(63-56)46-22-14-21-45(37-46)41-31-33-47(34-32-41)59(51-25-12-10-23-49(51)50-24-11-13-26-52(50)59)48-35-36-53-54(38-48)64-58(60-53)44-19-8-3-9-20-44/h1-38H. The van der Waals surface area contributed by atoms with Crippen LogP contribution in [0.4, 0.5) is 0 Å². The van der Waals surface area contributed by atoms with E-state index in [-0.39, 0.29) is 0 Å². The molecular weight excluding hydrogens is 781 g/mol. The van der Waals surface area contributed by atoms with Crippen LogP contribution in [0, 0.1) is 0 Å². The lowest BCUT2D eigenvalue weighted by Crippen LogP contribution is -2.28. The zero-order valence-electron chi connectivity index (χ0n) is 34.6. The Morgan fingerprint density at radius 3 is 1.38 bits per heavy atom. The molecule has 0 saturated carbocycles. The van der Waals surface area contributed by atoms with Crippen molar-refractivity contribution in [3.63, 3.8) is 0 Å². The minimum absolute atomic E-state index is 0.601. The lowest BCUT2D eigenvalue weighted by molar-refractivity contribution is 0.618. The van der Waals surface area contributed by atoms with Crippen molar-refractivity contribution in [3.8, 4) is 79.0 Å². The maximum Gasteiger partial charge on any atom is 0.227 e. The van der Waals surface area contributed by atoms with Gasteiger partial charge in [0.05, 0.1) is 5.41 Å². The van der Waals surface area contributed by atoms with Gasteiger partial charge in [-0.2, -0.15) is 0 Å². The molecule has 0 spiro atoms. The average Bonchev–Trinajstić information content (AvgIpc) is 3.95. The summed E-state index contributed by atoms with van der Waals surface area (Å²) >= 11 is 0. The smallest absolute Gasteiger partial charge is 0.227 e. The fourth-order valence-electron chi connectivity index (χ4n) is 9.43. The number of hydrogen-bond acceptors (Lipinski definition) is 5. The maximum absolute atomic E-state index is 6.50. The molecule has 0 fully saturated rings. The number of oxazole rings is 1. The van der Waals surface area contributed by atoms with Crippen LogP contribution in [-0.4, -0.2) is 19.9 Å². The van der Waals surface area contributed by atoms with Crippen LogP contribution in [0.15, 0.2) is 235 Å². The summed E-state index contributed by atoms with van der Waals surface area (Å²) in [6.07, 6.45) is 0. The van der Waals surface area contributed by atoms with Gasteiger partial charge in [0.1, 0.15) is 5.52 Å². The van der Waals surface area contributed by atoms with Crippen molar-refractivity contribution in [1.29, 1.82) is 0 Å². The first kappa shape index (κ1) is 37.2. The molecule has 11 aromatic rings. The molecule has 0 unspecified atom stereocenters. The van der Waals surface area contributed by atoms with E-state index in [0.29, 0.717) is 23.4 Å². The average molecular weight is 819 g/mol. The highest BCUT2D eigenvalue weighted by molar-refractivity contribution is 5.88. The molecule has 1 aliphatic carbocycles. The molecule has 0 radical (unpaired) electrons. The van der Waals surface area contributed by atoms with Crippen molar-refractivity contribution in [2.75, 3.05) is 0 Å². The summed E-state index contributed by atoms with van der Waals surface area (Å²) in [5.41, 5.74) is 16.4. The van der Waals surface area contributed by atoms with E-state index in [1.54, 1.807) is 0 Å². The summed E-state index contributed by atoms with van der Waals surface area (Å²) in [4.78, 5) is 20.0. The molecule has 1 aliphatic rings.